The van der Waals surface area contributed by atoms with Crippen molar-refractivity contribution in [2.24, 2.45) is 0 Å². The Bertz CT molecular complexity index is 510. The average molecular weight is 294 g/mol. The Morgan fingerprint density at radius 2 is 1.95 bits per heavy atom. The fraction of sp³-hybridized carbons (Fsp3) is 0.667. The van der Waals surface area contributed by atoms with E-state index in [9.17, 15) is 9.59 Å². The predicted molar refractivity (Wildman–Crippen MR) is 75.9 cm³/mol. The zero-order valence-corrected chi connectivity index (χ0v) is 12.8. The van der Waals surface area contributed by atoms with Crippen molar-refractivity contribution in [3.63, 3.8) is 0 Å². The van der Waals surface area contributed by atoms with E-state index in [2.05, 4.69) is 10.5 Å². The lowest BCUT2D eigenvalue weighted by Gasteiger charge is -2.35. The molecule has 0 saturated heterocycles. The Morgan fingerprint density at radius 1 is 1.29 bits per heavy atom. The van der Waals surface area contributed by atoms with E-state index >= 15 is 0 Å². The summed E-state index contributed by atoms with van der Waals surface area (Å²) in [6.07, 6.45) is 4.10. The van der Waals surface area contributed by atoms with Gasteiger partial charge in [0.25, 0.3) is 5.91 Å². The largest absolute Gasteiger partial charge is 0.464 e. The first-order valence-corrected chi connectivity index (χ1v) is 7.43. The third kappa shape index (κ3) is 3.09. The predicted octanol–water partition coefficient (Wildman–Crippen LogP) is 2.29. The summed E-state index contributed by atoms with van der Waals surface area (Å²) in [6.45, 7) is 5.47. The van der Waals surface area contributed by atoms with Gasteiger partial charge in [0.2, 0.25) is 0 Å². The first-order valence-electron chi connectivity index (χ1n) is 7.43. The summed E-state index contributed by atoms with van der Waals surface area (Å²) in [5.74, 6) is -0.203. The van der Waals surface area contributed by atoms with E-state index in [0.29, 0.717) is 36.5 Å². The fourth-order valence-electron chi connectivity index (χ4n) is 2.89. The van der Waals surface area contributed by atoms with Gasteiger partial charge in [0.05, 0.1) is 12.3 Å². The molecule has 1 aromatic heterocycles. The van der Waals surface area contributed by atoms with Crippen molar-refractivity contribution >= 4 is 11.9 Å². The molecule has 1 N–H and O–H groups in total. The minimum absolute atomic E-state index is 0.307. The van der Waals surface area contributed by atoms with Crippen LogP contribution in [-0.2, 0) is 9.53 Å². The number of aromatic nitrogens is 1. The van der Waals surface area contributed by atoms with E-state index in [0.717, 1.165) is 19.3 Å². The average Bonchev–Trinajstić information content (AvgIpc) is 2.79. The molecule has 1 heterocycles. The molecule has 1 saturated carbocycles. The van der Waals surface area contributed by atoms with E-state index in [-0.39, 0.29) is 11.9 Å². The summed E-state index contributed by atoms with van der Waals surface area (Å²) in [5.41, 5.74) is 0.0191. The molecular weight excluding hydrogens is 272 g/mol. The van der Waals surface area contributed by atoms with Gasteiger partial charge in [0.1, 0.15) is 16.9 Å². The van der Waals surface area contributed by atoms with Crippen molar-refractivity contribution in [2.75, 3.05) is 6.61 Å². The number of aryl methyl sites for hydroxylation is 2. The van der Waals surface area contributed by atoms with Crippen LogP contribution in [0.2, 0.25) is 0 Å². The molecule has 21 heavy (non-hydrogen) atoms. The van der Waals surface area contributed by atoms with Crippen LogP contribution in [0.3, 0.4) is 0 Å². The second kappa shape index (κ2) is 6.28. The van der Waals surface area contributed by atoms with Gasteiger partial charge in [-0.2, -0.15) is 0 Å². The van der Waals surface area contributed by atoms with Gasteiger partial charge < -0.3 is 14.6 Å². The maximum atomic E-state index is 12.5. The number of rotatable bonds is 4. The highest BCUT2D eigenvalue weighted by molar-refractivity contribution is 5.99. The third-order valence-electron chi connectivity index (χ3n) is 3.99. The van der Waals surface area contributed by atoms with E-state index in [1.54, 1.807) is 20.8 Å². The summed E-state index contributed by atoms with van der Waals surface area (Å²) in [6, 6.07) is 0. The molecular formula is C15H22N2O4. The molecule has 116 valence electrons. The van der Waals surface area contributed by atoms with Crippen LogP contribution in [0.4, 0.5) is 0 Å². The summed E-state index contributed by atoms with van der Waals surface area (Å²) in [4.78, 5) is 24.8. The van der Waals surface area contributed by atoms with Gasteiger partial charge in [0.15, 0.2) is 0 Å². The molecule has 0 aromatic carbocycles. The fourth-order valence-corrected chi connectivity index (χ4v) is 2.89. The van der Waals surface area contributed by atoms with Gasteiger partial charge >= 0.3 is 5.97 Å². The van der Waals surface area contributed by atoms with Gasteiger partial charge in [-0.1, -0.05) is 24.4 Å². The number of ether oxygens (including phenoxy) is 1. The Morgan fingerprint density at radius 3 is 2.48 bits per heavy atom. The maximum absolute atomic E-state index is 12.5. The molecule has 2 rings (SSSR count). The monoisotopic (exact) mass is 294 g/mol. The van der Waals surface area contributed by atoms with Crippen LogP contribution in [0, 0.1) is 13.8 Å². The number of carbonyl (C=O) groups is 2. The smallest absolute Gasteiger partial charge is 0.331 e. The number of hydrogen-bond donors (Lipinski definition) is 1. The van der Waals surface area contributed by atoms with Crippen molar-refractivity contribution < 1.29 is 18.8 Å². The van der Waals surface area contributed by atoms with Crippen LogP contribution in [-0.4, -0.2) is 29.2 Å². The molecule has 1 aliphatic carbocycles. The standard InChI is InChI=1S/C15H22N2O4/c1-4-20-14(19)15(8-6-5-7-9-15)16-13(18)12-10(2)17-21-11(12)3/h4-9H2,1-3H3,(H,16,18). The Hall–Kier alpha value is -1.85. The minimum atomic E-state index is -0.915. The highest BCUT2D eigenvalue weighted by Gasteiger charge is 2.43. The summed E-state index contributed by atoms with van der Waals surface area (Å²) in [7, 11) is 0. The molecule has 1 aliphatic rings. The topological polar surface area (TPSA) is 81.4 Å². The lowest BCUT2D eigenvalue weighted by Crippen LogP contribution is -2.56. The summed E-state index contributed by atoms with van der Waals surface area (Å²) < 4.78 is 10.2. The van der Waals surface area contributed by atoms with Crippen molar-refractivity contribution in [1.82, 2.24) is 10.5 Å². The van der Waals surface area contributed by atoms with Gasteiger partial charge in [-0.15, -0.1) is 0 Å². The molecule has 0 atom stereocenters. The number of nitrogens with one attached hydrogen (secondary N) is 1. The Labute approximate surface area is 124 Å². The molecule has 0 bridgehead atoms. The van der Waals surface area contributed by atoms with Crippen LogP contribution < -0.4 is 5.32 Å². The molecule has 0 aliphatic heterocycles. The molecule has 1 fully saturated rings. The molecule has 1 amide bonds. The first kappa shape index (κ1) is 15.5. The number of carbonyl (C=O) groups excluding carboxylic acids is 2. The summed E-state index contributed by atoms with van der Waals surface area (Å²) in [5, 5.41) is 6.67. The molecule has 1 aromatic rings. The Kier molecular flexibility index (Phi) is 4.65. The second-order valence-corrected chi connectivity index (χ2v) is 5.52. The van der Waals surface area contributed by atoms with Gasteiger partial charge in [0, 0.05) is 0 Å². The highest BCUT2D eigenvalue weighted by Crippen LogP contribution is 2.30. The summed E-state index contributed by atoms with van der Waals surface area (Å²) >= 11 is 0. The third-order valence-corrected chi connectivity index (χ3v) is 3.99. The molecule has 6 heteroatoms. The lowest BCUT2D eigenvalue weighted by molar-refractivity contribution is -0.152. The van der Waals surface area contributed by atoms with Crippen LogP contribution in [0.5, 0.6) is 0 Å². The van der Waals surface area contributed by atoms with Crippen molar-refractivity contribution in [3.8, 4) is 0 Å². The van der Waals surface area contributed by atoms with Gasteiger partial charge in [-0.3, -0.25) is 4.79 Å². The SMILES string of the molecule is CCOC(=O)C1(NC(=O)c2c(C)noc2C)CCCCC1. The van der Waals surface area contributed by atoms with Crippen LogP contribution in [0.1, 0.15) is 60.8 Å². The maximum Gasteiger partial charge on any atom is 0.331 e. The van der Waals surface area contributed by atoms with Crippen LogP contribution >= 0.6 is 0 Å². The zero-order chi connectivity index (χ0) is 15.5. The normalized spacial score (nSPS) is 17.3. The highest BCUT2D eigenvalue weighted by atomic mass is 16.5. The minimum Gasteiger partial charge on any atom is -0.464 e. The molecule has 0 spiro atoms. The molecule has 0 radical (unpaired) electrons. The molecule has 6 nitrogen and oxygen atoms in total. The number of amides is 1. The quantitative estimate of drug-likeness (QED) is 0.862. The van der Waals surface area contributed by atoms with E-state index in [1.165, 1.54) is 0 Å². The van der Waals surface area contributed by atoms with Crippen molar-refractivity contribution in [1.29, 1.82) is 0 Å². The van der Waals surface area contributed by atoms with Crippen LogP contribution in [0.25, 0.3) is 0 Å². The van der Waals surface area contributed by atoms with Gasteiger partial charge in [-0.25, -0.2) is 4.79 Å². The zero-order valence-electron chi connectivity index (χ0n) is 12.8. The lowest BCUT2D eigenvalue weighted by atomic mass is 9.81. The number of esters is 1. The first-order chi connectivity index (χ1) is 10.00. The number of hydrogen-bond acceptors (Lipinski definition) is 5. The van der Waals surface area contributed by atoms with Crippen molar-refractivity contribution in [2.45, 2.75) is 58.4 Å². The Balaban J connectivity index is 2.23. The van der Waals surface area contributed by atoms with E-state index in [4.69, 9.17) is 9.26 Å². The van der Waals surface area contributed by atoms with Crippen LogP contribution in [0.15, 0.2) is 4.52 Å². The van der Waals surface area contributed by atoms with Gasteiger partial charge in [-0.05, 0) is 33.6 Å². The van der Waals surface area contributed by atoms with Crippen molar-refractivity contribution in [3.05, 3.63) is 17.0 Å². The molecule has 0 unspecified atom stereocenters. The second-order valence-electron chi connectivity index (χ2n) is 5.52. The van der Waals surface area contributed by atoms with E-state index < -0.39 is 5.54 Å². The number of nitrogens with zero attached hydrogens (tertiary/aromatic N) is 1. The van der Waals surface area contributed by atoms with E-state index in [1.807, 2.05) is 0 Å².